The Morgan fingerprint density at radius 3 is 2.82 bits per heavy atom. The summed E-state index contributed by atoms with van der Waals surface area (Å²) >= 11 is 0. The maximum Gasteiger partial charge on any atom is 0.213 e. The summed E-state index contributed by atoms with van der Waals surface area (Å²) in [6.07, 6.45) is 0. The van der Waals surface area contributed by atoms with Gasteiger partial charge in [0.15, 0.2) is 0 Å². The van der Waals surface area contributed by atoms with Crippen LogP contribution >= 0.6 is 0 Å². The van der Waals surface area contributed by atoms with E-state index in [1.807, 2.05) is 18.2 Å². The Kier molecular flexibility index (Phi) is 2.37. The summed E-state index contributed by atoms with van der Waals surface area (Å²) in [5.41, 5.74) is 7.99. The van der Waals surface area contributed by atoms with Crippen LogP contribution in [0.5, 0.6) is 5.88 Å². The first-order chi connectivity index (χ1) is 8.28. The van der Waals surface area contributed by atoms with Crippen molar-refractivity contribution in [1.82, 2.24) is 4.98 Å². The third kappa shape index (κ3) is 1.70. The lowest BCUT2D eigenvalue weighted by molar-refractivity contribution is 0.399. The minimum atomic E-state index is 0.302. The summed E-state index contributed by atoms with van der Waals surface area (Å²) < 4.78 is 5.14. The van der Waals surface area contributed by atoms with Crippen molar-refractivity contribution in [2.75, 3.05) is 25.1 Å². The van der Waals surface area contributed by atoms with Crippen LogP contribution in [0, 0.1) is 0 Å². The largest absolute Gasteiger partial charge is 0.481 e. The molecular weight excluding hydrogens is 214 g/mol. The zero-order chi connectivity index (χ0) is 11.8. The van der Waals surface area contributed by atoms with Crippen LogP contribution in [0.4, 0.5) is 5.69 Å². The maximum absolute atomic E-state index is 5.82. The predicted octanol–water partition coefficient (Wildman–Crippen LogP) is 1.39. The SMILES string of the molecule is COc1ccc2c(N3CC(N)C3)cccc2n1. The standard InChI is InChI=1S/C13H15N3O/c1-17-13-6-5-10-11(15-13)3-2-4-12(10)16-7-9(14)8-16/h2-6,9H,7-8,14H2,1H3. The van der Waals surface area contributed by atoms with Crippen molar-refractivity contribution >= 4 is 16.6 Å². The van der Waals surface area contributed by atoms with E-state index in [0.29, 0.717) is 11.9 Å². The Bertz CT molecular complexity index is 549. The second kappa shape index (κ2) is 3.89. The van der Waals surface area contributed by atoms with Crippen LogP contribution < -0.4 is 15.4 Å². The van der Waals surface area contributed by atoms with E-state index in [0.717, 1.165) is 24.0 Å². The number of hydrogen-bond donors (Lipinski definition) is 1. The normalized spacial score (nSPS) is 16.0. The molecule has 1 saturated heterocycles. The van der Waals surface area contributed by atoms with Gasteiger partial charge >= 0.3 is 0 Å². The Hall–Kier alpha value is -1.81. The van der Waals surface area contributed by atoms with Gasteiger partial charge in [0.05, 0.1) is 12.6 Å². The molecule has 0 unspecified atom stereocenters. The Labute approximate surface area is 100.0 Å². The van der Waals surface area contributed by atoms with Crippen LogP contribution in [-0.4, -0.2) is 31.2 Å². The summed E-state index contributed by atoms with van der Waals surface area (Å²) in [4.78, 5) is 6.71. The van der Waals surface area contributed by atoms with Gasteiger partial charge in [0.2, 0.25) is 5.88 Å². The Morgan fingerprint density at radius 2 is 2.12 bits per heavy atom. The van der Waals surface area contributed by atoms with Crippen LogP contribution in [0.2, 0.25) is 0 Å². The minimum absolute atomic E-state index is 0.302. The van der Waals surface area contributed by atoms with Crippen LogP contribution in [0.1, 0.15) is 0 Å². The molecule has 1 aromatic heterocycles. The van der Waals surface area contributed by atoms with Crippen molar-refractivity contribution in [3.8, 4) is 5.88 Å². The van der Waals surface area contributed by atoms with Gasteiger partial charge in [-0.05, 0) is 18.2 Å². The number of fused-ring (bicyclic) bond motifs is 1. The molecule has 1 aliphatic rings. The third-order valence-corrected chi connectivity index (χ3v) is 3.14. The minimum Gasteiger partial charge on any atom is -0.481 e. The molecule has 0 aliphatic carbocycles. The van der Waals surface area contributed by atoms with E-state index in [1.165, 1.54) is 5.69 Å². The first-order valence-electron chi connectivity index (χ1n) is 5.72. The zero-order valence-corrected chi connectivity index (χ0v) is 9.76. The fourth-order valence-corrected chi connectivity index (χ4v) is 2.22. The highest BCUT2D eigenvalue weighted by Gasteiger charge is 2.24. The molecule has 3 rings (SSSR count). The number of methoxy groups -OCH3 is 1. The zero-order valence-electron chi connectivity index (χ0n) is 9.76. The number of nitrogens with zero attached hydrogens (tertiary/aromatic N) is 2. The molecule has 4 nitrogen and oxygen atoms in total. The summed E-state index contributed by atoms with van der Waals surface area (Å²) in [7, 11) is 1.63. The van der Waals surface area contributed by atoms with Crippen molar-refractivity contribution in [3.05, 3.63) is 30.3 Å². The van der Waals surface area contributed by atoms with Gasteiger partial charge in [-0.25, -0.2) is 4.98 Å². The molecule has 0 spiro atoms. The van der Waals surface area contributed by atoms with Gasteiger partial charge in [0.25, 0.3) is 0 Å². The lowest BCUT2D eigenvalue weighted by Gasteiger charge is -2.39. The monoisotopic (exact) mass is 229 g/mol. The van der Waals surface area contributed by atoms with Crippen LogP contribution in [0.3, 0.4) is 0 Å². The number of anilines is 1. The van der Waals surface area contributed by atoms with Gasteiger partial charge in [-0.1, -0.05) is 6.07 Å². The average Bonchev–Trinajstić information content (AvgIpc) is 2.33. The fraction of sp³-hybridized carbons (Fsp3) is 0.308. The van der Waals surface area contributed by atoms with Crippen molar-refractivity contribution in [2.45, 2.75) is 6.04 Å². The highest BCUT2D eigenvalue weighted by molar-refractivity contribution is 5.92. The quantitative estimate of drug-likeness (QED) is 0.845. The predicted molar refractivity (Wildman–Crippen MR) is 68.5 cm³/mol. The maximum atomic E-state index is 5.82. The van der Waals surface area contributed by atoms with Crippen LogP contribution in [-0.2, 0) is 0 Å². The average molecular weight is 229 g/mol. The topological polar surface area (TPSA) is 51.4 Å². The van der Waals surface area contributed by atoms with Crippen molar-refractivity contribution in [1.29, 1.82) is 0 Å². The summed E-state index contributed by atoms with van der Waals surface area (Å²) in [5.74, 6) is 0.648. The molecule has 17 heavy (non-hydrogen) atoms. The van der Waals surface area contributed by atoms with Gasteiger partial charge < -0.3 is 15.4 Å². The number of benzene rings is 1. The summed E-state index contributed by atoms with van der Waals surface area (Å²) in [5, 5.41) is 1.15. The highest BCUT2D eigenvalue weighted by Crippen LogP contribution is 2.29. The van der Waals surface area contributed by atoms with Gasteiger partial charge in [-0.2, -0.15) is 0 Å². The van der Waals surface area contributed by atoms with E-state index in [-0.39, 0.29) is 0 Å². The van der Waals surface area contributed by atoms with E-state index in [4.69, 9.17) is 10.5 Å². The second-order valence-corrected chi connectivity index (χ2v) is 4.36. The van der Waals surface area contributed by atoms with Gasteiger partial charge in [0, 0.05) is 36.3 Å². The molecule has 1 aliphatic heterocycles. The molecule has 0 bridgehead atoms. The first kappa shape index (κ1) is 10.4. The Morgan fingerprint density at radius 1 is 1.29 bits per heavy atom. The van der Waals surface area contributed by atoms with E-state index in [9.17, 15) is 0 Å². The van der Waals surface area contributed by atoms with E-state index in [2.05, 4.69) is 22.0 Å². The molecule has 0 atom stereocenters. The van der Waals surface area contributed by atoms with E-state index < -0.39 is 0 Å². The van der Waals surface area contributed by atoms with E-state index >= 15 is 0 Å². The number of pyridine rings is 1. The number of aromatic nitrogens is 1. The number of hydrogen-bond acceptors (Lipinski definition) is 4. The molecule has 1 aromatic carbocycles. The molecule has 88 valence electrons. The van der Waals surface area contributed by atoms with Crippen molar-refractivity contribution in [2.24, 2.45) is 5.73 Å². The number of rotatable bonds is 2. The molecule has 2 heterocycles. The molecule has 2 N–H and O–H groups in total. The Balaban J connectivity index is 2.07. The van der Waals surface area contributed by atoms with Crippen LogP contribution in [0.25, 0.3) is 10.9 Å². The molecule has 1 fully saturated rings. The summed E-state index contributed by atoms with van der Waals surface area (Å²) in [6.45, 7) is 1.84. The molecule has 0 amide bonds. The van der Waals surface area contributed by atoms with Gasteiger partial charge in [-0.15, -0.1) is 0 Å². The summed E-state index contributed by atoms with van der Waals surface area (Å²) in [6, 6.07) is 10.4. The fourth-order valence-electron chi connectivity index (χ4n) is 2.22. The number of nitrogens with two attached hydrogens (primary N) is 1. The van der Waals surface area contributed by atoms with Gasteiger partial charge in [-0.3, -0.25) is 0 Å². The van der Waals surface area contributed by atoms with Crippen LogP contribution in [0.15, 0.2) is 30.3 Å². The van der Waals surface area contributed by atoms with Crippen molar-refractivity contribution < 1.29 is 4.74 Å². The number of ether oxygens (including phenoxy) is 1. The molecule has 2 aromatic rings. The smallest absolute Gasteiger partial charge is 0.213 e. The lowest BCUT2D eigenvalue weighted by Crippen LogP contribution is -2.55. The molecule has 0 radical (unpaired) electrons. The van der Waals surface area contributed by atoms with Crippen molar-refractivity contribution in [3.63, 3.8) is 0 Å². The highest BCUT2D eigenvalue weighted by atomic mass is 16.5. The molecule has 0 saturated carbocycles. The van der Waals surface area contributed by atoms with Gasteiger partial charge in [0.1, 0.15) is 0 Å². The first-order valence-corrected chi connectivity index (χ1v) is 5.72. The van der Waals surface area contributed by atoms with E-state index in [1.54, 1.807) is 7.11 Å². The second-order valence-electron chi connectivity index (χ2n) is 4.36. The molecule has 4 heteroatoms. The third-order valence-electron chi connectivity index (χ3n) is 3.14. The molecular formula is C13H15N3O. The lowest BCUT2D eigenvalue weighted by atomic mass is 10.1.